The van der Waals surface area contributed by atoms with Crippen LogP contribution in [0.2, 0.25) is 0 Å². The number of aromatic nitrogens is 4. The van der Waals surface area contributed by atoms with Gasteiger partial charge in [0.25, 0.3) is 0 Å². The van der Waals surface area contributed by atoms with Crippen molar-refractivity contribution in [2.24, 2.45) is 17.8 Å². The van der Waals surface area contributed by atoms with E-state index >= 15 is 0 Å². The molecule has 320 valence electrons. The number of allylic oxidation sites excluding steroid dienone is 2. The number of nitriles is 1. The molecule has 0 saturated carbocycles. The van der Waals surface area contributed by atoms with Gasteiger partial charge in [-0.05, 0) is 77.5 Å². The number of amides is 4. The zero-order chi connectivity index (χ0) is 44.0. The summed E-state index contributed by atoms with van der Waals surface area (Å²) in [4.78, 5) is 70.8. The lowest BCUT2D eigenvalue weighted by molar-refractivity contribution is -0.136. The third-order valence-electron chi connectivity index (χ3n) is 11.5. The van der Waals surface area contributed by atoms with Gasteiger partial charge in [-0.25, -0.2) is 19.6 Å². The number of likely N-dealkylation sites (tertiary alicyclic amines) is 2. The summed E-state index contributed by atoms with van der Waals surface area (Å²) in [5.41, 5.74) is 7.35. The number of carbonyl (C=O) groups excluding carboxylic acids is 4. The van der Waals surface area contributed by atoms with E-state index in [9.17, 15) is 24.4 Å². The smallest absolute Gasteiger partial charge is 0.407 e. The maximum absolute atomic E-state index is 13.7. The average molecular weight is 830 g/mol. The molecule has 4 heterocycles. The molecule has 0 bridgehead atoms. The van der Waals surface area contributed by atoms with E-state index in [1.165, 1.54) is 14.2 Å². The van der Waals surface area contributed by atoms with Gasteiger partial charge in [-0.2, -0.15) is 5.26 Å². The van der Waals surface area contributed by atoms with E-state index in [1.54, 1.807) is 22.2 Å². The Bertz CT molecular complexity index is 2320. The molecule has 4 aromatic rings. The zero-order valence-corrected chi connectivity index (χ0v) is 35.8. The zero-order valence-electron chi connectivity index (χ0n) is 35.8. The first-order valence-electron chi connectivity index (χ1n) is 20.6. The Balaban J connectivity index is 1.13. The molecule has 2 saturated heterocycles. The van der Waals surface area contributed by atoms with Crippen LogP contribution in [0.1, 0.15) is 87.5 Å². The number of benzene rings is 2. The lowest BCUT2D eigenvalue weighted by atomic mass is 9.98. The van der Waals surface area contributed by atoms with Crippen LogP contribution >= 0.6 is 0 Å². The fraction of sp³-hybridized carbons (Fsp3) is 0.413. The van der Waals surface area contributed by atoms with E-state index in [-0.39, 0.29) is 42.2 Å². The van der Waals surface area contributed by atoms with Crippen LogP contribution in [0.4, 0.5) is 9.59 Å². The van der Waals surface area contributed by atoms with E-state index < -0.39 is 30.3 Å². The first-order valence-corrected chi connectivity index (χ1v) is 20.6. The van der Waals surface area contributed by atoms with Gasteiger partial charge in [-0.3, -0.25) is 9.59 Å². The van der Waals surface area contributed by atoms with Crippen molar-refractivity contribution in [3.05, 3.63) is 96.0 Å². The van der Waals surface area contributed by atoms with Gasteiger partial charge in [0.1, 0.15) is 23.7 Å². The Kier molecular flexibility index (Phi) is 13.8. The summed E-state index contributed by atoms with van der Waals surface area (Å²) in [5, 5.41) is 15.1. The van der Waals surface area contributed by atoms with E-state index in [1.807, 2.05) is 64.1 Å². The SMILES string of the molecule is C=C(/C=C\c1cc(-c2ccc(-c3cnc([C@@H]4C[C@H](C#N)CN4C(=O)[C@@H](NC(=O)OC)C(C)C)[nH]3)cc2)ccc1C)c1cnc([C@@H]2CCCN2C(=O)[C@@H](NC(=O)OC)C(C)C)[nH]1. The summed E-state index contributed by atoms with van der Waals surface area (Å²) in [6, 6.07) is 14.5. The van der Waals surface area contributed by atoms with Crippen LogP contribution in [-0.4, -0.2) is 93.1 Å². The predicted molar refractivity (Wildman–Crippen MR) is 231 cm³/mol. The number of nitrogens with one attached hydrogen (secondary N) is 4. The minimum Gasteiger partial charge on any atom is -0.453 e. The number of aryl methyl sites for hydroxylation is 1. The molecule has 15 heteroatoms. The maximum atomic E-state index is 13.7. The third-order valence-corrected chi connectivity index (χ3v) is 11.5. The number of carbonyl (C=O) groups is 4. The highest BCUT2D eigenvalue weighted by Crippen LogP contribution is 2.37. The number of ether oxygens (including phenoxy) is 2. The Labute approximate surface area is 356 Å². The molecule has 2 aliphatic rings. The third kappa shape index (κ3) is 9.86. The van der Waals surface area contributed by atoms with Crippen LogP contribution < -0.4 is 10.6 Å². The normalized spacial score (nSPS) is 18.6. The molecule has 2 aromatic heterocycles. The van der Waals surface area contributed by atoms with Crippen molar-refractivity contribution in [2.75, 3.05) is 27.3 Å². The number of H-pyrrole nitrogens is 2. The molecule has 2 aliphatic heterocycles. The second kappa shape index (κ2) is 19.1. The highest BCUT2D eigenvalue weighted by atomic mass is 16.5. The molecule has 0 spiro atoms. The minimum absolute atomic E-state index is 0.124. The molecule has 6 rings (SSSR count). The van der Waals surface area contributed by atoms with Gasteiger partial charge in [0.05, 0.1) is 62.1 Å². The molecule has 4 amide bonds. The second-order valence-corrected chi connectivity index (χ2v) is 16.3. The first-order chi connectivity index (χ1) is 29.2. The maximum Gasteiger partial charge on any atom is 0.407 e. The van der Waals surface area contributed by atoms with Gasteiger partial charge < -0.3 is 39.9 Å². The Morgan fingerprint density at radius 2 is 1.44 bits per heavy atom. The van der Waals surface area contributed by atoms with E-state index in [0.29, 0.717) is 24.6 Å². The summed E-state index contributed by atoms with van der Waals surface area (Å²) in [6.07, 6.45) is 8.13. The second-order valence-electron chi connectivity index (χ2n) is 16.3. The Morgan fingerprint density at radius 3 is 2.07 bits per heavy atom. The van der Waals surface area contributed by atoms with Crippen LogP contribution in [0.5, 0.6) is 0 Å². The van der Waals surface area contributed by atoms with Crippen LogP contribution in [0.25, 0.3) is 34.0 Å². The molecule has 61 heavy (non-hydrogen) atoms. The van der Waals surface area contributed by atoms with E-state index in [2.05, 4.69) is 68.3 Å². The van der Waals surface area contributed by atoms with Crippen molar-refractivity contribution in [2.45, 2.75) is 78.0 Å². The summed E-state index contributed by atoms with van der Waals surface area (Å²) in [5.74, 6) is 0.115. The number of hydrogen-bond acceptors (Lipinski definition) is 9. The number of imidazole rings is 2. The molecule has 0 unspecified atom stereocenters. The average Bonchev–Trinajstić information content (AvgIpc) is 4.10. The Hall–Kier alpha value is -6.69. The Morgan fingerprint density at radius 1 is 0.852 bits per heavy atom. The largest absolute Gasteiger partial charge is 0.453 e. The van der Waals surface area contributed by atoms with Crippen LogP contribution in [-0.2, 0) is 19.1 Å². The molecule has 2 fully saturated rings. The number of hydrogen-bond donors (Lipinski definition) is 4. The van der Waals surface area contributed by atoms with Crippen molar-refractivity contribution < 1.29 is 28.7 Å². The molecule has 2 aromatic carbocycles. The molecule has 5 atom stereocenters. The lowest BCUT2D eigenvalue weighted by Gasteiger charge is -2.30. The minimum atomic E-state index is -0.813. The molecule has 15 nitrogen and oxygen atoms in total. The summed E-state index contributed by atoms with van der Waals surface area (Å²) in [7, 11) is 2.53. The number of nitrogens with zero attached hydrogens (tertiary/aromatic N) is 5. The standard InChI is InChI=1S/C46H55N9O6/c1-26(2)39(52-45(58)60-7)43(56)54-19-9-10-37(54)41-48-23-35(50-41)29(6)12-13-33-21-34(14-11-28(33)5)31-15-17-32(18-16-31)36-24-49-42(51-36)38-20-30(22-47)25-55(38)44(57)40(27(3)4)53-46(59)61-8/h11-18,21,23-24,26-27,30,37-40H,6,9-10,19-20,25H2,1-5,7-8H3,(H,48,50)(H,49,51)(H,52,58)(H,53,59)/b13-12-/t30-,37+,38+,39+,40+/m1/s1. The quantitative estimate of drug-likeness (QED) is 0.0996. The number of rotatable bonds is 13. The van der Waals surface area contributed by atoms with Gasteiger partial charge in [-0.15, -0.1) is 0 Å². The van der Waals surface area contributed by atoms with Crippen LogP contribution in [0, 0.1) is 36.0 Å². The summed E-state index contributed by atoms with van der Waals surface area (Å²) >= 11 is 0. The van der Waals surface area contributed by atoms with E-state index in [4.69, 9.17) is 9.47 Å². The van der Waals surface area contributed by atoms with Crippen molar-refractivity contribution >= 4 is 35.6 Å². The van der Waals surface area contributed by atoms with Crippen LogP contribution in [0.3, 0.4) is 0 Å². The van der Waals surface area contributed by atoms with E-state index in [0.717, 1.165) is 57.6 Å². The topological polar surface area (TPSA) is 198 Å². The fourth-order valence-corrected chi connectivity index (χ4v) is 7.95. The highest BCUT2D eigenvalue weighted by molar-refractivity contribution is 5.87. The van der Waals surface area contributed by atoms with Crippen molar-refractivity contribution in [3.63, 3.8) is 0 Å². The highest BCUT2D eigenvalue weighted by Gasteiger charge is 2.42. The number of methoxy groups -OCH3 is 2. The molecule has 0 radical (unpaired) electrons. The van der Waals surface area contributed by atoms with Crippen molar-refractivity contribution in [1.82, 2.24) is 40.4 Å². The van der Waals surface area contributed by atoms with Crippen molar-refractivity contribution in [3.8, 4) is 28.5 Å². The van der Waals surface area contributed by atoms with Gasteiger partial charge in [-0.1, -0.05) is 82.8 Å². The number of alkyl carbamates (subject to hydrolysis) is 2. The predicted octanol–water partition coefficient (Wildman–Crippen LogP) is 7.34. The monoisotopic (exact) mass is 829 g/mol. The molecular weight excluding hydrogens is 775 g/mol. The lowest BCUT2D eigenvalue weighted by Crippen LogP contribution is -2.51. The molecule has 0 aliphatic carbocycles. The van der Waals surface area contributed by atoms with Crippen LogP contribution in [0.15, 0.2) is 67.5 Å². The van der Waals surface area contributed by atoms with Gasteiger partial charge in [0, 0.05) is 13.1 Å². The fourth-order valence-electron chi connectivity index (χ4n) is 7.95. The molecular formula is C46H55N9O6. The summed E-state index contributed by atoms with van der Waals surface area (Å²) < 4.78 is 9.51. The van der Waals surface area contributed by atoms with Gasteiger partial charge in [0.15, 0.2) is 0 Å². The van der Waals surface area contributed by atoms with Crippen molar-refractivity contribution in [1.29, 1.82) is 5.26 Å². The summed E-state index contributed by atoms with van der Waals surface area (Å²) in [6.45, 7) is 14.6. The molecule has 4 N–H and O–H groups in total. The van der Waals surface area contributed by atoms with Gasteiger partial charge in [0.2, 0.25) is 11.8 Å². The number of aromatic amines is 2. The first kappa shape index (κ1) is 43.9. The van der Waals surface area contributed by atoms with Gasteiger partial charge >= 0.3 is 12.2 Å².